The van der Waals surface area contributed by atoms with Crippen molar-refractivity contribution in [1.29, 1.82) is 0 Å². The molecule has 3 nitrogen and oxygen atoms in total. The minimum absolute atomic E-state index is 0.117. The molecule has 1 aromatic rings. The maximum atomic E-state index is 12.5. The highest BCUT2D eigenvalue weighted by Gasteiger charge is 2.27. The number of nitrogens with zero attached hydrogens (tertiary/aromatic N) is 1. The summed E-state index contributed by atoms with van der Waals surface area (Å²) in [5, 5.41) is 5.20. The van der Waals surface area contributed by atoms with E-state index >= 15 is 0 Å². The Morgan fingerprint density at radius 3 is 3.00 bits per heavy atom. The van der Waals surface area contributed by atoms with Gasteiger partial charge in [-0.15, -0.1) is 11.3 Å². The van der Waals surface area contributed by atoms with Crippen molar-refractivity contribution in [2.45, 2.75) is 52.0 Å². The molecule has 2 amide bonds. The third kappa shape index (κ3) is 4.23. The Morgan fingerprint density at radius 2 is 2.30 bits per heavy atom. The third-order valence-corrected chi connectivity index (χ3v) is 4.86. The predicted molar refractivity (Wildman–Crippen MR) is 85.1 cm³/mol. The second-order valence-corrected chi connectivity index (χ2v) is 6.97. The number of nitrogens with one attached hydrogen (secondary N) is 1. The molecule has 20 heavy (non-hydrogen) atoms. The molecule has 0 saturated carbocycles. The van der Waals surface area contributed by atoms with Crippen LogP contribution < -0.4 is 5.32 Å². The molecule has 0 radical (unpaired) electrons. The molecular weight excluding hydrogens is 268 g/mol. The van der Waals surface area contributed by atoms with Gasteiger partial charge in [-0.2, -0.15) is 0 Å². The van der Waals surface area contributed by atoms with Crippen LogP contribution in [-0.2, 0) is 0 Å². The van der Waals surface area contributed by atoms with E-state index in [-0.39, 0.29) is 12.1 Å². The smallest absolute Gasteiger partial charge is 0.317 e. The second-order valence-electron chi connectivity index (χ2n) is 5.99. The molecule has 1 saturated heterocycles. The second kappa shape index (κ2) is 7.67. The Labute approximate surface area is 126 Å². The summed E-state index contributed by atoms with van der Waals surface area (Å²) in [7, 11) is 0. The standard InChI is InChI=1S/C16H26N2OS/c1-13(2)9-10-17-16(19)18-11-5-3-4-7-14(18)15-8-6-12-20-15/h6,8,12-14H,3-5,7,9-11H2,1-2H3,(H,17,19)/t14-/m1/s1. The molecule has 0 bridgehead atoms. The van der Waals surface area contributed by atoms with Crippen molar-refractivity contribution in [3.63, 3.8) is 0 Å². The number of rotatable bonds is 4. The van der Waals surface area contributed by atoms with Crippen molar-refractivity contribution in [2.24, 2.45) is 5.92 Å². The Morgan fingerprint density at radius 1 is 1.45 bits per heavy atom. The normalized spacial score (nSPS) is 19.9. The van der Waals surface area contributed by atoms with E-state index in [0.717, 1.165) is 32.4 Å². The maximum Gasteiger partial charge on any atom is 0.317 e. The average molecular weight is 294 g/mol. The van der Waals surface area contributed by atoms with Crippen molar-refractivity contribution in [1.82, 2.24) is 10.2 Å². The van der Waals surface area contributed by atoms with Gasteiger partial charge in [0, 0.05) is 18.0 Å². The van der Waals surface area contributed by atoms with Gasteiger partial charge in [0.1, 0.15) is 0 Å². The van der Waals surface area contributed by atoms with Gasteiger partial charge in [-0.1, -0.05) is 32.8 Å². The third-order valence-electron chi connectivity index (χ3n) is 3.88. The minimum atomic E-state index is 0.117. The summed E-state index contributed by atoms with van der Waals surface area (Å²) in [6, 6.07) is 4.64. The van der Waals surface area contributed by atoms with E-state index in [9.17, 15) is 4.79 Å². The van der Waals surface area contributed by atoms with Crippen LogP contribution in [0.3, 0.4) is 0 Å². The summed E-state index contributed by atoms with van der Waals surface area (Å²) in [5.74, 6) is 0.632. The molecule has 2 rings (SSSR count). The number of thiophene rings is 1. The molecule has 1 fully saturated rings. The fourth-order valence-corrected chi connectivity index (χ4v) is 3.57. The summed E-state index contributed by atoms with van der Waals surface area (Å²) in [4.78, 5) is 15.8. The molecule has 0 aromatic carbocycles. The topological polar surface area (TPSA) is 32.3 Å². The van der Waals surface area contributed by atoms with Crippen LogP contribution in [0, 0.1) is 5.92 Å². The number of hydrogen-bond donors (Lipinski definition) is 1. The largest absolute Gasteiger partial charge is 0.338 e. The summed E-state index contributed by atoms with van der Waals surface area (Å²) >= 11 is 1.77. The maximum absolute atomic E-state index is 12.5. The highest BCUT2D eigenvalue weighted by molar-refractivity contribution is 7.10. The molecule has 112 valence electrons. The number of carbonyl (C=O) groups is 1. The van der Waals surface area contributed by atoms with Gasteiger partial charge in [-0.05, 0) is 36.6 Å². The number of hydrogen-bond acceptors (Lipinski definition) is 2. The lowest BCUT2D eigenvalue weighted by molar-refractivity contribution is 0.176. The number of amides is 2. The van der Waals surface area contributed by atoms with Gasteiger partial charge in [0.15, 0.2) is 0 Å². The number of urea groups is 1. The molecule has 1 aliphatic heterocycles. The fraction of sp³-hybridized carbons (Fsp3) is 0.688. The van der Waals surface area contributed by atoms with Gasteiger partial charge in [-0.3, -0.25) is 0 Å². The van der Waals surface area contributed by atoms with Crippen LogP contribution in [-0.4, -0.2) is 24.0 Å². The fourth-order valence-electron chi connectivity index (χ4n) is 2.70. The lowest BCUT2D eigenvalue weighted by atomic mass is 10.1. The van der Waals surface area contributed by atoms with Crippen LogP contribution in [0.25, 0.3) is 0 Å². The average Bonchev–Trinajstić information content (AvgIpc) is 2.82. The Bertz CT molecular complexity index is 403. The molecule has 1 aromatic heterocycles. The lowest BCUT2D eigenvalue weighted by Gasteiger charge is -2.29. The molecular formula is C16H26N2OS. The first-order valence-electron chi connectivity index (χ1n) is 7.76. The summed E-state index contributed by atoms with van der Waals surface area (Å²) in [6.45, 7) is 6.04. The molecule has 1 N–H and O–H groups in total. The first-order valence-corrected chi connectivity index (χ1v) is 8.64. The molecule has 1 aliphatic rings. The van der Waals surface area contributed by atoms with Crippen LogP contribution in [0.4, 0.5) is 4.79 Å². The van der Waals surface area contributed by atoms with Gasteiger partial charge in [0.2, 0.25) is 0 Å². The lowest BCUT2D eigenvalue weighted by Crippen LogP contribution is -2.42. The zero-order chi connectivity index (χ0) is 14.4. The summed E-state index contributed by atoms with van der Waals surface area (Å²) in [5.41, 5.74) is 0. The predicted octanol–water partition coefficient (Wildman–Crippen LogP) is 4.42. The molecule has 2 heterocycles. The zero-order valence-electron chi connectivity index (χ0n) is 12.6. The van der Waals surface area contributed by atoms with Crippen molar-refractivity contribution in [3.8, 4) is 0 Å². The van der Waals surface area contributed by atoms with Gasteiger partial charge in [-0.25, -0.2) is 4.79 Å². The zero-order valence-corrected chi connectivity index (χ0v) is 13.4. The first-order chi connectivity index (χ1) is 9.68. The van der Waals surface area contributed by atoms with Crippen LogP contribution in [0.5, 0.6) is 0 Å². The van der Waals surface area contributed by atoms with Gasteiger partial charge >= 0.3 is 6.03 Å². The van der Waals surface area contributed by atoms with E-state index < -0.39 is 0 Å². The molecule has 0 unspecified atom stereocenters. The Balaban J connectivity index is 1.99. The Kier molecular flexibility index (Phi) is 5.89. The van der Waals surface area contributed by atoms with Crippen molar-refractivity contribution < 1.29 is 4.79 Å². The van der Waals surface area contributed by atoms with E-state index in [1.165, 1.54) is 17.7 Å². The van der Waals surface area contributed by atoms with Crippen molar-refractivity contribution in [3.05, 3.63) is 22.4 Å². The Hall–Kier alpha value is -1.03. The van der Waals surface area contributed by atoms with Gasteiger partial charge in [0.05, 0.1) is 6.04 Å². The number of carbonyl (C=O) groups excluding carboxylic acids is 1. The van der Waals surface area contributed by atoms with Crippen LogP contribution in [0.15, 0.2) is 17.5 Å². The molecule has 0 spiro atoms. The first kappa shape index (κ1) is 15.4. The summed E-state index contributed by atoms with van der Waals surface area (Å²) in [6.07, 6.45) is 5.72. The monoisotopic (exact) mass is 294 g/mol. The SMILES string of the molecule is CC(C)CCNC(=O)N1CCCCC[C@@H]1c1cccs1. The van der Waals surface area contributed by atoms with Crippen molar-refractivity contribution in [2.75, 3.05) is 13.1 Å². The van der Waals surface area contributed by atoms with E-state index in [4.69, 9.17) is 0 Å². The number of likely N-dealkylation sites (tertiary alicyclic amines) is 1. The molecule has 0 aliphatic carbocycles. The van der Waals surface area contributed by atoms with E-state index in [1.54, 1.807) is 11.3 Å². The van der Waals surface area contributed by atoms with Crippen LogP contribution >= 0.6 is 11.3 Å². The van der Waals surface area contributed by atoms with Crippen molar-refractivity contribution >= 4 is 17.4 Å². The quantitative estimate of drug-likeness (QED) is 0.876. The van der Waals surface area contributed by atoms with Crippen LogP contribution in [0.1, 0.15) is 56.9 Å². The van der Waals surface area contributed by atoms with E-state index in [2.05, 4.69) is 41.6 Å². The van der Waals surface area contributed by atoms with E-state index in [1.807, 2.05) is 0 Å². The minimum Gasteiger partial charge on any atom is -0.338 e. The van der Waals surface area contributed by atoms with Gasteiger partial charge in [0.25, 0.3) is 0 Å². The highest BCUT2D eigenvalue weighted by Crippen LogP contribution is 2.32. The highest BCUT2D eigenvalue weighted by atomic mass is 32.1. The molecule has 1 atom stereocenters. The van der Waals surface area contributed by atoms with Gasteiger partial charge < -0.3 is 10.2 Å². The molecule has 4 heteroatoms. The van der Waals surface area contributed by atoms with Crippen LogP contribution in [0.2, 0.25) is 0 Å². The summed E-state index contributed by atoms with van der Waals surface area (Å²) < 4.78 is 0. The van der Waals surface area contributed by atoms with E-state index in [0.29, 0.717) is 5.92 Å².